The lowest BCUT2D eigenvalue weighted by molar-refractivity contribution is 0.0128. The molecule has 4 nitrogen and oxygen atoms in total. The van der Waals surface area contributed by atoms with Crippen LogP contribution in [0.2, 0.25) is 0 Å². The molecule has 21 heavy (non-hydrogen) atoms. The summed E-state index contributed by atoms with van der Waals surface area (Å²) < 4.78 is 5.43. The third-order valence-corrected chi connectivity index (χ3v) is 5.61. The van der Waals surface area contributed by atoms with Crippen molar-refractivity contribution in [1.29, 1.82) is 0 Å². The van der Waals surface area contributed by atoms with Crippen LogP contribution in [-0.4, -0.2) is 73.9 Å². The molecule has 2 unspecified atom stereocenters. The number of nitrogens with one attached hydrogen (secondary N) is 1. The maximum Gasteiger partial charge on any atom is 0.0594 e. The van der Waals surface area contributed by atoms with Gasteiger partial charge in [-0.1, -0.05) is 13.3 Å². The molecule has 3 saturated heterocycles. The molecule has 3 rings (SSSR count). The SMILES string of the molecule is CCNC1CC2CCCC(C1)N2CCCN1CCOCC1. The minimum Gasteiger partial charge on any atom is -0.379 e. The number of fused-ring (bicyclic) bond motifs is 2. The van der Waals surface area contributed by atoms with E-state index in [1.54, 1.807) is 0 Å². The molecule has 3 aliphatic rings. The highest BCUT2D eigenvalue weighted by Crippen LogP contribution is 2.34. The zero-order valence-corrected chi connectivity index (χ0v) is 13.7. The topological polar surface area (TPSA) is 27.7 Å². The molecule has 0 aromatic carbocycles. The summed E-state index contributed by atoms with van der Waals surface area (Å²) in [7, 11) is 0. The molecule has 0 amide bonds. The van der Waals surface area contributed by atoms with Crippen molar-refractivity contribution in [2.45, 2.75) is 63.6 Å². The second kappa shape index (κ2) is 7.91. The fourth-order valence-corrected chi connectivity index (χ4v) is 4.60. The average Bonchev–Trinajstić information content (AvgIpc) is 2.49. The molecule has 0 aliphatic carbocycles. The van der Waals surface area contributed by atoms with Crippen LogP contribution in [0.5, 0.6) is 0 Å². The van der Waals surface area contributed by atoms with E-state index in [9.17, 15) is 0 Å². The summed E-state index contributed by atoms with van der Waals surface area (Å²) in [6.07, 6.45) is 8.39. The lowest BCUT2D eigenvalue weighted by Gasteiger charge is -2.49. The molecule has 4 heteroatoms. The Hall–Kier alpha value is -0.160. The molecule has 3 fully saturated rings. The molecule has 122 valence electrons. The summed E-state index contributed by atoms with van der Waals surface area (Å²) in [5, 5.41) is 3.69. The fraction of sp³-hybridized carbons (Fsp3) is 1.00. The van der Waals surface area contributed by atoms with Gasteiger partial charge in [-0.2, -0.15) is 0 Å². The van der Waals surface area contributed by atoms with Crippen molar-refractivity contribution in [3.8, 4) is 0 Å². The largest absolute Gasteiger partial charge is 0.379 e. The van der Waals surface area contributed by atoms with Crippen LogP contribution < -0.4 is 5.32 Å². The Morgan fingerprint density at radius 2 is 1.76 bits per heavy atom. The minimum absolute atomic E-state index is 0.779. The number of piperidine rings is 2. The zero-order valence-electron chi connectivity index (χ0n) is 13.7. The van der Waals surface area contributed by atoms with Crippen molar-refractivity contribution in [2.75, 3.05) is 45.9 Å². The Bertz CT molecular complexity index is 292. The molecule has 0 spiro atoms. The van der Waals surface area contributed by atoms with E-state index in [0.29, 0.717) is 0 Å². The second-order valence-electron chi connectivity index (χ2n) is 7.01. The van der Waals surface area contributed by atoms with E-state index in [1.165, 1.54) is 51.6 Å². The van der Waals surface area contributed by atoms with Gasteiger partial charge in [0.05, 0.1) is 13.2 Å². The monoisotopic (exact) mass is 295 g/mol. The minimum atomic E-state index is 0.779. The molecule has 0 radical (unpaired) electrons. The maximum absolute atomic E-state index is 5.43. The Balaban J connectivity index is 1.44. The van der Waals surface area contributed by atoms with E-state index in [0.717, 1.165) is 51.0 Å². The first kappa shape index (κ1) is 15.7. The Labute approximate surface area is 130 Å². The number of nitrogens with zero attached hydrogens (tertiary/aromatic N) is 2. The van der Waals surface area contributed by atoms with Gasteiger partial charge in [-0.25, -0.2) is 0 Å². The van der Waals surface area contributed by atoms with E-state index in [-0.39, 0.29) is 0 Å². The zero-order chi connectivity index (χ0) is 14.5. The fourth-order valence-electron chi connectivity index (χ4n) is 4.60. The molecule has 2 atom stereocenters. The third kappa shape index (κ3) is 4.19. The predicted molar refractivity (Wildman–Crippen MR) is 86.7 cm³/mol. The third-order valence-electron chi connectivity index (χ3n) is 5.61. The Morgan fingerprint density at radius 3 is 2.43 bits per heavy atom. The van der Waals surface area contributed by atoms with Crippen LogP contribution in [0.3, 0.4) is 0 Å². The van der Waals surface area contributed by atoms with Crippen molar-refractivity contribution >= 4 is 0 Å². The van der Waals surface area contributed by atoms with Crippen LogP contribution in [0.15, 0.2) is 0 Å². The summed E-state index contributed by atoms with van der Waals surface area (Å²) >= 11 is 0. The van der Waals surface area contributed by atoms with Gasteiger partial charge < -0.3 is 10.1 Å². The van der Waals surface area contributed by atoms with Crippen LogP contribution in [0.4, 0.5) is 0 Å². The van der Waals surface area contributed by atoms with Crippen LogP contribution in [0, 0.1) is 0 Å². The predicted octanol–water partition coefficient (Wildman–Crippen LogP) is 1.70. The number of hydrogen-bond acceptors (Lipinski definition) is 4. The second-order valence-corrected chi connectivity index (χ2v) is 7.01. The highest BCUT2D eigenvalue weighted by molar-refractivity contribution is 4.94. The lowest BCUT2D eigenvalue weighted by atomic mass is 9.81. The van der Waals surface area contributed by atoms with E-state index in [2.05, 4.69) is 22.0 Å². The molecule has 2 bridgehead atoms. The standard InChI is InChI=1S/C17H33N3O/c1-2-18-15-13-16-5-3-6-17(14-15)20(16)8-4-7-19-9-11-21-12-10-19/h15-18H,2-14H2,1H3. The first-order valence-corrected chi connectivity index (χ1v) is 9.16. The number of morpholine rings is 1. The molecule has 3 aliphatic heterocycles. The van der Waals surface area contributed by atoms with Crippen LogP contribution in [-0.2, 0) is 4.74 Å². The first-order valence-electron chi connectivity index (χ1n) is 9.16. The van der Waals surface area contributed by atoms with Gasteiger partial charge in [0.2, 0.25) is 0 Å². The number of hydrogen-bond donors (Lipinski definition) is 1. The van der Waals surface area contributed by atoms with Crippen LogP contribution >= 0.6 is 0 Å². The summed E-state index contributed by atoms with van der Waals surface area (Å²) in [6, 6.07) is 2.48. The first-order chi connectivity index (χ1) is 10.4. The number of rotatable bonds is 6. The van der Waals surface area contributed by atoms with Gasteiger partial charge in [0.1, 0.15) is 0 Å². The van der Waals surface area contributed by atoms with E-state index in [4.69, 9.17) is 4.74 Å². The molecular weight excluding hydrogens is 262 g/mol. The van der Waals surface area contributed by atoms with Crippen molar-refractivity contribution < 1.29 is 4.74 Å². The highest BCUT2D eigenvalue weighted by Gasteiger charge is 2.37. The van der Waals surface area contributed by atoms with E-state index >= 15 is 0 Å². The van der Waals surface area contributed by atoms with Crippen LogP contribution in [0.1, 0.15) is 45.4 Å². The molecule has 0 saturated carbocycles. The van der Waals surface area contributed by atoms with Crippen molar-refractivity contribution in [1.82, 2.24) is 15.1 Å². The normalized spacial score (nSPS) is 35.0. The molecule has 1 N–H and O–H groups in total. The van der Waals surface area contributed by atoms with Gasteiger partial charge in [-0.3, -0.25) is 9.80 Å². The van der Waals surface area contributed by atoms with Crippen molar-refractivity contribution in [3.05, 3.63) is 0 Å². The molecule has 0 aromatic rings. The summed E-state index contributed by atoms with van der Waals surface area (Å²) in [4.78, 5) is 5.43. The maximum atomic E-state index is 5.43. The van der Waals surface area contributed by atoms with Gasteiger partial charge in [0, 0.05) is 31.2 Å². The number of ether oxygens (including phenoxy) is 1. The molecular formula is C17H33N3O. The molecule has 3 heterocycles. The van der Waals surface area contributed by atoms with Gasteiger partial charge in [-0.05, 0) is 51.7 Å². The summed E-state index contributed by atoms with van der Waals surface area (Å²) in [6.45, 7) is 10.1. The molecule has 0 aromatic heterocycles. The average molecular weight is 295 g/mol. The van der Waals surface area contributed by atoms with Crippen molar-refractivity contribution in [3.63, 3.8) is 0 Å². The van der Waals surface area contributed by atoms with Crippen molar-refractivity contribution in [2.24, 2.45) is 0 Å². The van der Waals surface area contributed by atoms with Gasteiger partial charge >= 0.3 is 0 Å². The van der Waals surface area contributed by atoms with E-state index < -0.39 is 0 Å². The summed E-state index contributed by atoms with van der Waals surface area (Å²) in [5.74, 6) is 0. The Kier molecular flexibility index (Phi) is 5.92. The van der Waals surface area contributed by atoms with Gasteiger partial charge in [0.15, 0.2) is 0 Å². The Morgan fingerprint density at radius 1 is 1.05 bits per heavy atom. The lowest BCUT2D eigenvalue weighted by Crippen LogP contribution is -2.56. The van der Waals surface area contributed by atoms with E-state index in [1.807, 2.05) is 0 Å². The smallest absolute Gasteiger partial charge is 0.0594 e. The van der Waals surface area contributed by atoms with Crippen LogP contribution in [0.25, 0.3) is 0 Å². The summed E-state index contributed by atoms with van der Waals surface area (Å²) in [5.41, 5.74) is 0. The van der Waals surface area contributed by atoms with Gasteiger partial charge in [0.25, 0.3) is 0 Å². The highest BCUT2D eigenvalue weighted by atomic mass is 16.5. The quantitative estimate of drug-likeness (QED) is 0.807. The van der Waals surface area contributed by atoms with Gasteiger partial charge in [-0.15, -0.1) is 0 Å².